The summed E-state index contributed by atoms with van der Waals surface area (Å²) in [6.45, 7) is 0.0332. The highest BCUT2D eigenvalue weighted by Gasteiger charge is 2.14. The van der Waals surface area contributed by atoms with Gasteiger partial charge in [0, 0.05) is 16.8 Å². The highest BCUT2D eigenvalue weighted by atomic mass is 35.5. The molecule has 2 heterocycles. The summed E-state index contributed by atoms with van der Waals surface area (Å²) in [7, 11) is 0. The van der Waals surface area contributed by atoms with Crippen LogP contribution in [-0.4, -0.2) is 20.4 Å². The van der Waals surface area contributed by atoms with Gasteiger partial charge in [-0.2, -0.15) is 0 Å². The first kappa shape index (κ1) is 12.6. The minimum Gasteiger partial charge on any atom is -0.368 e. The smallest absolute Gasteiger partial charge is 0.237 e. The molecule has 5 nitrogen and oxygen atoms in total. The maximum absolute atomic E-state index is 11.3. The molecule has 0 spiro atoms. The predicted octanol–water partition coefficient (Wildman–Crippen LogP) is 2.24. The highest BCUT2D eigenvalue weighted by molar-refractivity contribution is 6.30. The lowest BCUT2D eigenvalue weighted by Gasteiger charge is -2.06. The molecule has 0 fully saturated rings. The highest BCUT2D eigenvalue weighted by Crippen LogP contribution is 2.24. The Hall–Kier alpha value is -2.40. The van der Waals surface area contributed by atoms with Crippen LogP contribution in [0.4, 0.5) is 0 Å². The van der Waals surface area contributed by atoms with Crippen molar-refractivity contribution in [1.29, 1.82) is 0 Å². The molecule has 0 atom stereocenters. The van der Waals surface area contributed by atoms with Gasteiger partial charge in [-0.3, -0.25) is 9.36 Å². The third-order valence-electron chi connectivity index (χ3n) is 2.92. The molecule has 0 saturated carbocycles. The van der Waals surface area contributed by atoms with Gasteiger partial charge in [-0.25, -0.2) is 9.97 Å². The van der Waals surface area contributed by atoms with Crippen LogP contribution in [0, 0.1) is 0 Å². The zero-order chi connectivity index (χ0) is 14.1. The van der Waals surface area contributed by atoms with E-state index < -0.39 is 5.91 Å². The monoisotopic (exact) mass is 286 g/mol. The summed E-state index contributed by atoms with van der Waals surface area (Å²) in [6.07, 6.45) is 1.66. The fraction of sp³-hybridized carbons (Fsp3) is 0.0714. The third-order valence-corrected chi connectivity index (χ3v) is 3.17. The number of fused-ring (bicyclic) bond motifs is 1. The van der Waals surface area contributed by atoms with Crippen LogP contribution in [0.15, 0.2) is 42.6 Å². The fourth-order valence-electron chi connectivity index (χ4n) is 2.08. The number of nitrogens with zero attached hydrogens (tertiary/aromatic N) is 3. The molecule has 0 radical (unpaired) electrons. The molecule has 3 aromatic rings. The lowest BCUT2D eigenvalue weighted by molar-refractivity contribution is -0.118. The van der Waals surface area contributed by atoms with Gasteiger partial charge in [0.15, 0.2) is 5.65 Å². The van der Waals surface area contributed by atoms with E-state index in [0.717, 1.165) is 11.1 Å². The van der Waals surface area contributed by atoms with E-state index in [2.05, 4.69) is 9.97 Å². The topological polar surface area (TPSA) is 73.8 Å². The molecule has 100 valence electrons. The Morgan fingerprint density at radius 1 is 1.25 bits per heavy atom. The van der Waals surface area contributed by atoms with Crippen molar-refractivity contribution in [2.24, 2.45) is 5.73 Å². The molecule has 1 aromatic carbocycles. The number of hydrogen-bond acceptors (Lipinski definition) is 3. The summed E-state index contributed by atoms with van der Waals surface area (Å²) >= 11 is 5.89. The molecule has 0 aliphatic heterocycles. The number of hydrogen-bond donors (Lipinski definition) is 1. The number of rotatable bonds is 3. The first-order valence-electron chi connectivity index (χ1n) is 6.00. The number of amides is 1. The van der Waals surface area contributed by atoms with Crippen LogP contribution in [0.3, 0.4) is 0 Å². The van der Waals surface area contributed by atoms with Gasteiger partial charge in [0.25, 0.3) is 0 Å². The standard InChI is InChI=1S/C14H11ClN4O/c15-10-5-3-9(4-6-10)13-18-11-2-1-7-17-14(11)19(13)8-12(16)20/h1-7H,8H2,(H2,16,20). The van der Waals surface area contributed by atoms with Gasteiger partial charge in [-0.15, -0.1) is 0 Å². The molecule has 0 unspecified atom stereocenters. The SMILES string of the molecule is NC(=O)Cn1c(-c2ccc(Cl)cc2)nc2cccnc21. The fourth-order valence-corrected chi connectivity index (χ4v) is 2.21. The predicted molar refractivity (Wildman–Crippen MR) is 77.2 cm³/mol. The molecule has 3 rings (SSSR count). The van der Waals surface area contributed by atoms with Crippen molar-refractivity contribution in [1.82, 2.24) is 14.5 Å². The second-order valence-electron chi connectivity index (χ2n) is 4.34. The van der Waals surface area contributed by atoms with Crippen molar-refractivity contribution in [3.8, 4) is 11.4 Å². The minimum absolute atomic E-state index is 0.0332. The first-order valence-corrected chi connectivity index (χ1v) is 6.38. The minimum atomic E-state index is -0.440. The molecule has 1 amide bonds. The van der Waals surface area contributed by atoms with Crippen LogP contribution < -0.4 is 5.73 Å². The van der Waals surface area contributed by atoms with Gasteiger partial charge in [0.05, 0.1) is 0 Å². The lowest BCUT2D eigenvalue weighted by Crippen LogP contribution is -2.19. The van der Waals surface area contributed by atoms with Crippen molar-refractivity contribution >= 4 is 28.7 Å². The number of pyridine rings is 1. The van der Waals surface area contributed by atoms with E-state index in [1.54, 1.807) is 29.0 Å². The van der Waals surface area contributed by atoms with E-state index in [1.165, 1.54) is 0 Å². The molecular formula is C14H11ClN4O. The summed E-state index contributed by atoms with van der Waals surface area (Å²) < 4.78 is 1.71. The number of imidazole rings is 1. The Morgan fingerprint density at radius 3 is 2.70 bits per heavy atom. The molecular weight excluding hydrogens is 276 g/mol. The number of aromatic nitrogens is 3. The van der Waals surface area contributed by atoms with Gasteiger partial charge in [0.2, 0.25) is 5.91 Å². The zero-order valence-electron chi connectivity index (χ0n) is 10.5. The van der Waals surface area contributed by atoms with E-state index in [4.69, 9.17) is 17.3 Å². The maximum Gasteiger partial charge on any atom is 0.237 e. The van der Waals surface area contributed by atoms with E-state index in [0.29, 0.717) is 16.5 Å². The summed E-state index contributed by atoms with van der Waals surface area (Å²) in [5.74, 6) is 0.208. The van der Waals surface area contributed by atoms with Crippen molar-refractivity contribution in [2.75, 3.05) is 0 Å². The largest absolute Gasteiger partial charge is 0.368 e. The number of nitrogens with two attached hydrogens (primary N) is 1. The number of carbonyl (C=O) groups is 1. The van der Waals surface area contributed by atoms with Crippen LogP contribution in [-0.2, 0) is 11.3 Å². The van der Waals surface area contributed by atoms with Gasteiger partial charge in [-0.05, 0) is 36.4 Å². The number of benzene rings is 1. The summed E-state index contributed by atoms with van der Waals surface area (Å²) in [5, 5.41) is 0.643. The Kier molecular flexibility index (Phi) is 3.12. The van der Waals surface area contributed by atoms with Crippen LogP contribution >= 0.6 is 11.6 Å². The summed E-state index contributed by atoms with van der Waals surface area (Å²) in [5.41, 5.74) is 7.52. The van der Waals surface area contributed by atoms with Crippen molar-refractivity contribution < 1.29 is 4.79 Å². The molecule has 0 aliphatic rings. The summed E-state index contributed by atoms with van der Waals surface area (Å²) in [4.78, 5) is 20.1. The van der Waals surface area contributed by atoms with Gasteiger partial charge >= 0.3 is 0 Å². The van der Waals surface area contributed by atoms with E-state index in [1.807, 2.05) is 18.2 Å². The van der Waals surface area contributed by atoms with E-state index >= 15 is 0 Å². The zero-order valence-corrected chi connectivity index (χ0v) is 11.2. The Morgan fingerprint density at radius 2 is 2.00 bits per heavy atom. The normalized spacial score (nSPS) is 10.8. The third kappa shape index (κ3) is 2.23. The molecule has 6 heteroatoms. The number of carbonyl (C=O) groups excluding carboxylic acids is 1. The second-order valence-corrected chi connectivity index (χ2v) is 4.78. The van der Waals surface area contributed by atoms with Crippen LogP contribution in [0.2, 0.25) is 5.02 Å². The Bertz CT molecular complexity index is 779. The molecule has 2 N–H and O–H groups in total. The second kappa shape index (κ2) is 4.94. The maximum atomic E-state index is 11.3. The van der Waals surface area contributed by atoms with Gasteiger partial charge in [0.1, 0.15) is 17.9 Å². The number of primary amides is 1. The average Bonchev–Trinajstić information content (AvgIpc) is 2.78. The molecule has 20 heavy (non-hydrogen) atoms. The van der Waals surface area contributed by atoms with E-state index in [9.17, 15) is 4.79 Å². The molecule has 0 saturated heterocycles. The Labute approximate surface area is 120 Å². The quantitative estimate of drug-likeness (QED) is 0.802. The van der Waals surface area contributed by atoms with Gasteiger partial charge < -0.3 is 5.73 Å². The van der Waals surface area contributed by atoms with Crippen LogP contribution in [0.25, 0.3) is 22.6 Å². The van der Waals surface area contributed by atoms with Gasteiger partial charge in [-0.1, -0.05) is 11.6 Å². The van der Waals surface area contributed by atoms with Crippen molar-refractivity contribution in [3.05, 3.63) is 47.6 Å². The molecule has 0 aliphatic carbocycles. The van der Waals surface area contributed by atoms with Crippen LogP contribution in [0.1, 0.15) is 0 Å². The lowest BCUT2D eigenvalue weighted by atomic mass is 10.2. The van der Waals surface area contributed by atoms with Crippen molar-refractivity contribution in [3.63, 3.8) is 0 Å². The molecule has 0 bridgehead atoms. The van der Waals surface area contributed by atoms with Crippen LogP contribution in [0.5, 0.6) is 0 Å². The first-order chi connectivity index (χ1) is 9.65. The number of halogens is 1. The van der Waals surface area contributed by atoms with Crippen molar-refractivity contribution in [2.45, 2.75) is 6.54 Å². The molecule has 2 aromatic heterocycles. The average molecular weight is 287 g/mol. The Balaban J connectivity index is 2.23. The van der Waals surface area contributed by atoms with E-state index in [-0.39, 0.29) is 6.54 Å². The summed E-state index contributed by atoms with van der Waals surface area (Å²) in [6, 6.07) is 10.9.